The number of hydrogen-bond acceptors (Lipinski definition) is 1. The first kappa shape index (κ1) is 14.0. The molecular formula is C15H19F2NO. The van der Waals surface area contributed by atoms with Crippen molar-refractivity contribution in [3.8, 4) is 0 Å². The van der Waals surface area contributed by atoms with Gasteiger partial charge in [0, 0.05) is 23.7 Å². The van der Waals surface area contributed by atoms with Crippen LogP contribution in [0.15, 0.2) is 12.1 Å². The van der Waals surface area contributed by atoms with Crippen LogP contribution in [0, 0.1) is 17.6 Å². The fourth-order valence-electron chi connectivity index (χ4n) is 2.59. The van der Waals surface area contributed by atoms with E-state index in [4.69, 9.17) is 0 Å². The van der Waals surface area contributed by atoms with E-state index in [1.165, 1.54) is 17.0 Å². The molecular weight excluding hydrogens is 248 g/mol. The Labute approximate surface area is 112 Å². The summed E-state index contributed by atoms with van der Waals surface area (Å²) in [5, 5.41) is 0. The number of benzene rings is 1. The van der Waals surface area contributed by atoms with Gasteiger partial charge in [-0.1, -0.05) is 20.8 Å². The van der Waals surface area contributed by atoms with Gasteiger partial charge in [-0.25, -0.2) is 8.78 Å². The van der Waals surface area contributed by atoms with Crippen LogP contribution in [0.1, 0.15) is 45.1 Å². The molecule has 1 aliphatic rings. The van der Waals surface area contributed by atoms with Gasteiger partial charge in [0.15, 0.2) is 0 Å². The zero-order chi connectivity index (χ0) is 14.2. The van der Waals surface area contributed by atoms with E-state index in [9.17, 15) is 13.6 Å². The van der Waals surface area contributed by atoms with Crippen LogP contribution < -0.4 is 4.90 Å². The van der Waals surface area contributed by atoms with Crippen LogP contribution in [0.2, 0.25) is 0 Å². The minimum Gasteiger partial charge on any atom is -0.312 e. The lowest BCUT2D eigenvalue weighted by molar-refractivity contribution is -0.123. The number of rotatable bonds is 2. The van der Waals surface area contributed by atoms with Crippen molar-refractivity contribution < 1.29 is 13.6 Å². The molecule has 19 heavy (non-hydrogen) atoms. The minimum absolute atomic E-state index is 0.0534. The van der Waals surface area contributed by atoms with Gasteiger partial charge < -0.3 is 4.90 Å². The van der Waals surface area contributed by atoms with E-state index >= 15 is 0 Å². The van der Waals surface area contributed by atoms with Gasteiger partial charge in [-0.2, -0.15) is 0 Å². The highest BCUT2D eigenvalue weighted by Gasteiger charge is 2.27. The molecule has 1 amide bonds. The van der Waals surface area contributed by atoms with Crippen molar-refractivity contribution in [2.45, 2.75) is 39.5 Å². The van der Waals surface area contributed by atoms with Crippen molar-refractivity contribution in [3.63, 3.8) is 0 Å². The first-order valence-electron chi connectivity index (χ1n) is 6.72. The van der Waals surface area contributed by atoms with Crippen LogP contribution in [0.5, 0.6) is 0 Å². The lowest BCUT2D eigenvalue weighted by Gasteiger charge is -2.31. The minimum atomic E-state index is -0.573. The standard InChI is InChI=1S/C15H19F2NO/c1-9(2)14-12(16)7-11(8-13(14)17)18-6-4-5-10(3)15(18)19/h7-10H,4-6H2,1-3H3. The molecule has 1 fully saturated rings. The van der Waals surface area contributed by atoms with Crippen molar-refractivity contribution in [1.29, 1.82) is 0 Å². The first-order valence-corrected chi connectivity index (χ1v) is 6.72. The summed E-state index contributed by atoms with van der Waals surface area (Å²) >= 11 is 0. The number of amides is 1. The Morgan fingerprint density at radius 2 is 1.84 bits per heavy atom. The summed E-state index contributed by atoms with van der Waals surface area (Å²) < 4.78 is 27.9. The molecule has 0 radical (unpaired) electrons. The molecule has 1 heterocycles. The lowest BCUT2D eigenvalue weighted by atomic mass is 9.97. The van der Waals surface area contributed by atoms with E-state index in [1.54, 1.807) is 13.8 Å². The van der Waals surface area contributed by atoms with Gasteiger partial charge in [-0.05, 0) is 30.9 Å². The molecule has 1 saturated heterocycles. The molecule has 0 saturated carbocycles. The molecule has 4 heteroatoms. The SMILES string of the molecule is CC1CCCN(c2cc(F)c(C(C)C)c(F)c2)C1=O. The smallest absolute Gasteiger partial charge is 0.229 e. The quantitative estimate of drug-likeness (QED) is 0.797. The number of hydrogen-bond donors (Lipinski definition) is 0. The maximum absolute atomic E-state index is 14.0. The lowest BCUT2D eigenvalue weighted by Crippen LogP contribution is -2.40. The molecule has 2 nitrogen and oxygen atoms in total. The maximum atomic E-state index is 14.0. The summed E-state index contributed by atoms with van der Waals surface area (Å²) in [5.41, 5.74) is 0.414. The number of anilines is 1. The van der Waals surface area contributed by atoms with E-state index in [2.05, 4.69) is 0 Å². The Morgan fingerprint density at radius 3 is 2.37 bits per heavy atom. The van der Waals surface area contributed by atoms with E-state index in [0.717, 1.165) is 12.8 Å². The molecule has 1 unspecified atom stereocenters. The zero-order valence-corrected chi connectivity index (χ0v) is 11.5. The molecule has 0 aromatic heterocycles. The van der Waals surface area contributed by atoms with Crippen LogP contribution in [-0.4, -0.2) is 12.5 Å². The van der Waals surface area contributed by atoms with Gasteiger partial charge >= 0.3 is 0 Å². The second-order valence-electron chi connectivity index (χ2n) is 5.51. The highest BCUT2D eigenvalue weighted by atomic mass is 19.1. The monoisotopic (exact) mass is 267 g/mol. The van der Waals surface area contributed by atoms with Crippen molar-refractivity contribution >= 4 is 11.6 Å². The van der Waals surface area contributed by atoms with Gasteiger partial charge in [0.1, 0.15) is 11.6 Å². The first-order chi connectivity index (χ1) is 8.91. The van der Waals surface area contributed by atoms with E-state index in [1.807, 2.05) is 6.92 Å². The Hall–Kier alpha value is -1.45. The number of piperidine rings is 1. The molecule has 104 valence electrons. The fraction of sp³-hybridized carbons (Fsp3) is 0.533. The second-order valence-corrected chi connectivity index (χ2v) is 5.51. The van der Waals surface area contributed by atoms with Gasteiger partial charge in [-0.15, -0.1) is 0 Å². The van der Waals surface area contributed by atoms with Crippen LogP contribution in [-0.2, 0) is 4.79 Å². The maximum Gasteiger partial charge on any atom is 0.229 e. The van der Waals surface area contributed by atoms with Crippen molar-refractivity contribution in [2.75, 3.05) is 11.4 Å². The predicted octanol–water partition coefficient (Wildman–Crippen LogP) is 3.85. The third kappa shape index (κ3) is 2.62. The molecule has 0 spiro atoms. The van der Waals surface area contributed by atoms with Gasteiger partial charge in [0.2, 0.25) is 5.91 Å². The largest absolute Gasteiger partial charge is 0.312 e. The van der Waals surface area contributed by atoms with E-state index < -0.39 is 11.6 Å². The Bertz CT molecular complexity index is 476. The molecule has 0 aliphatic carbocycles. The third-order valence-electron chi connectivity index (χ3n) is 3.66. The topological polar surface area (TPSA) is 20.3 Å². The van der Waals surface area contributed by atoms with Gasteiger partial charge in [0.25, 0.3) is 0 Å². The van der Waals surface area contributed by atoms with Gasteiger partial charge in [-0.3, -0.25) is 4.79 Å². The Kier molecular flexibility index (Phi) is 3.88. The molecule has 2 rings (SSSR count). The van der Waals surface area contributed by atoms with E-state index in [0.29, 0.717) is 12.2 Å². The molecule has 1 aromatic rings. The molecule has 1 aliphatic heterocycles. The molecule has 0 N–H and O–H groups in total. The Balaban J connectivity index is 2.39. The Morgan fingerprint density at radius 1 is 1.26 bits per heavy atom. The summed E-state index contributed by atoms with van der Waals surface area (Å²) in [6.07, 6.45) is 1.70. The summed E-state index contributed by atoms with van der Waals surface area (Å²) in [4.78, 5) is 13.5. The molecule has 1 aromatic carbocycles. The van der Waals surface area contributed by atoms with Crippen molar-refractivity contribution in [1.82, 2.24) is 0 Å². The van der Waals surface area contributed by atoms with Crippen molar-refractivity contribution in [3.05, 3.63) is 29.3 Å². The third-order valence-corrected chi connectivity index (χ3v) is 3.66. The van der Waals surface area contributed by atoms with Crippen LogP contribution in [0.4, 0.5) is 14.5 Å². The summed E-state index contributed by atoms with van der Waals surface area (Å²) in [6.45, 7) is 5.87. The predicted molar refractivity (Wildman–Crippen MR) is 71.2 cm³/mol. The van der Waals surface area contributed by atoms with Crippen molar-refractivity contribution in [2.24, 2.45) is 5.92 Å². The number of nitrogens with zero attached hydrogens (tertiary/aromatic N) is 1. The molecule has 0 bridgehead atoms. The normalized spacial score (nSPS) is 20.2. The summed E-state index contributed by atoms with van der Waals surface area (Å²) in [7, 11) is 0. The highest BCUT2D eigenvalue weighted by Crippen LogP contribution is 2.30. The highest BCUT2D eigenvalue weighted by molar-refractivity contribution is 5.95. The number of carbonyl (C=O) groups is 1. The summed E-state index contributed by atoms with van der Waals surface area (Å²) in [5.74, 6) is -1.50. The van der Waals surface area contributed by atoms with Crippen LogP contribution in [0.3, 0.4) is 0 Å². The van der Waals surface area contributed by atoms with Crippen LogP contribution >= 0.6 is 0 Å². The molecule has 1 atom stereocenters. The average molecular weight is 267 g/mol. The van der Waals surface area contributed by atoms with Gasteiger partial charge in [0.05, 0.1) is 0 Å². The zero-order valence-electron chi connectivity index (χ0n) is 11.5. The summed E-state index contributed by atoms with van der Waals surface area (Å²) in [6, 6.07) is 2.54. The van der Waals surface area contributed by atoms with Crippen LogP contribution in [0.25, 0.3) is 0 Å². The van der Waals surface area contributed by atoms with E-state index in [-0.39, 0.29) is 23.3 Å². The second kappa shape index (κ2) is 5.27. The number of carbonyl (C=O) groups excluding carboxylic acids is 1. The average Bonchev–Trinajstić information content (AvgIpc) is 2.31. The fourth-order valence-corrected chi connectivity index (χ4v) is 2.59. The number of halogens is 2.